The van der Waals surface area contributed by atoms with Crippen molar-refractivity contribution in [3.63, 3.8) is 0 Å². The van der Waals surface area contributed by atoms with Gasteiger partial charge in [-0.3, -0.25) is 28.1 Å². The van der Waals surface area contributed by atoms with Gasteiger partial charge in [0.2, 0.25) is 0 Å². The van der Waals surface area contributed by atoms with E-state index in [0.717, 1.165) is 21.8 Å². The van der Waals surface area contributed by atoms with Gasteiger partial charge in [0, 0.05) is 0 Å². The molecule has 39 heavy (non-hydrogen) atoms. The molecule has 2 fully saturated rings. The van der Waals surface area contributed by atoms with Gasteiger partial charge in [-0.15, -0.1) is 0 Å². The van der Waals surface area contributed by atoms with Crippen LogP contribution in [-0.4, -0.2) is 104 Å². The molecule has 0 amide bonds. The van der Waals surface area contributed by atoms with Crippen LogP contribution in [0.15, 0.2) is 12.7 Å². The molecule has 2 aromatic rings. The molecule has 2 saturated heterocycles. The Morgan fingerprint density at radius 2 is 1.49 bits per heavy atom. The van der Waals surface area contributed by atoms with E-state index in [1.165, 1.54) is 0 Å². The highest BCUT2D eigenvalue weighted by Gasteiger charge is 2.51. The Balaban J connectivity index is 1.61. The summed E-state index contributed by atoms with van der Waals surface area (Å²) in [5, 5.41) is 40.0. The fourth-order valence-electron chi connectivity index (χ4n) is 4.29. The first-order chi connectivity index (χ1) is 18.1. The van der Waals surface area contributed by atoms with E-state index in [1.54, 1.807) is 0 Å². The second kappa shape index (κ2) is 10.1. The van der Waals surface area contributed by atoms with Gasteiger partial charge in [0.05, 0.1) is 19.5 Å². The molecule has 218 valence electrons. The topological polar surface area (TPSA) is 308 Å². The van der Waals surface area contributed by atoms with Crippen molar-refractivity contribution in [3.05, 3.63) is 18.1 Å². The van der Waals surface area contributed by atoms with Crippen LogP contribution in [0.25, 0.3) is 11.2 Å². The Morgan fingerprint density at radius 3 is 2.10 bits per heavy atom. The van der Waals surface area contributed by atoms with Crippen molar-refractivity contribution >= 4 is 34.6 Å². The molecule has 21 nitrogen and oxygen atoms in total. The number of imidazole rings is 1. The lowest BCUT2D eigenvalue weighted by Crippen LogP contribution is -2.36. The van der Waals surface area contributed by atoms with Crippen molar-refractivity contribution in [1.29, 1.82) is 5.41 Å². The zero-order chi connectivity index (χ0) is 28.5. The Hall–Kier alpha value is -1.48. The van der Waals surface area contributed by atoms with Crippen LogP contribution in [0, 0.1) is 5.41 Å². The molecule has 4 aliphatic rings. The van der Waals surface area contributed by atoms with E-state index in [0.29, 0.717) is 0 Å². The zero-order valence-corrected chi connectivity index (χ0v) is 21.8. The molecule has 8 bridgehead atoms. The molecular weight excluding hydrogens is 599 g/mol. The van der Waals surface area contributed by atoms with Gasteiger partial charge < -0.3 is 44.4 Å². The summed E-state index contributed by atoms with van der Waals surface area (Å²) in [6, 6.07) is 0. The monoisotopic (exact) mass is 621 g/mol. The largest absolute Gasteiger partial charge is 0.481 e. The van der Waals surface area contributed by atoms with Gasteiger partial charge in [-0.2, -0.15) is 4.31 Å². The normalized spacial score (nSPS) is 41.7. The Morgan fingerprint density at radius 1 is 0.923 bits per heavy atom. The number of aliphatic hydroxyl groups excluding tert-OH is 3. The molecule has 0 aliphatic carbocycles. The van der Waals surface area contributed by atoms with E-state index < -0.39 is 91.2 Å². The average Bonchev–Trinajstić information content (AvgIpc) is 3.46. The SMILES string of the molecule is N=c1c2ncn3c2ncn1[C@@H]1O[C@H](COP(=O)(O)OP(=O)(O)OC[C@H]2O[C@@H]3[C@H](OP(=O)(O)O)[C@@H]2O)[C@@H](O)[C@H]1O. The van der Waals surface area contributed by atoms with Crippen LogP contribution in [0.5, 0.6) is 0 Å². The standard InChI is InChI=1S/C15H22N5O16P3/c16-12-7-13-18-4-19(12)14-10(23)8(21)5(33-14)1-31-38(27,28)36-39(29,30)32-2-6-9(22)11(35-37(24,25)26)15(34-6)20(13)3-17-7/h3-6,8-11,14-16,21-23H,1-2H2,(H,27,28)(H,29,30)(H2,24,25,26)/t5-,6-,8-,9-,10-,11-,14-,15-/m1/s1. The highest BCUT2D eigenvalue weighted by molar-refractivity contribution is 7.61. The van der Waals surface area contributed by atoms with Gasteiger partial charge >= 0.3 is 23.5 Å². The van der Waals surface area contributed by atoms with E-state index in [-0.39, 0.29) is 11.2 Å². The number of hydrogen-bond acceptors (Lipinski definition) is 15. The van der Waals surface area contributed by atoms with Gasteiger partial charge in [-0.1, -0.05) is 0 Å². The van der Waals surface area contributed by atoms with Crippen LogP contribution in [-0.2, 0) is 41.1 Å². The molecule has 6 rings (SSSR count). The number of rotatable bonds is 2. The van der Waals surface area contributed by atoms with Crippen molar-refractivity contribution in [3.8, 4) is 0 Å². The van der Waals surface area contributed by atoms with Crippen LogP contribution >= 0.6 is 23.5 Å². The minimum absolute atomic E-state index is 0.110. The second-order valence-electron chi connectivity index (χ2n) is 8.60. The molecule has 0 radical (unpaired) electrons. The first kappa shape index (κ1) is 29.0. The second-order valence-corrected chi connectivity index (χ2v) is 12.8. The quantitative estimate of drug-likeness (QED) is 0.159. The molecule has 24 heteroatoms. The maximum absolute atomic E-state index is 12.3. The van der Waals surface area contributed by atoms with E-state index >= 15 is 0 Å². The summed E-state index contributed by atoms with van der Waals surface area (Å²) < 4.78 is 67.3. The summed E-state index contributed by atoms with van der Waals surface area (Å²) in [6.07, 6.45) is -11.3. The number of nitrogens with zero attached hydrogens (tertiary/aromatic N) is 4. The number of aliphatic hydroxyl groups is 3. The first-order valence-corrected chi connectivity index (χ1v) is 15.3. The maximum atomic E-state index is 12.3. The summed E-state index contributed by atoms with van der Waals surface area (Å²) in [7, 11) is -16.0. The van der Waals surface area contributed by atoms with Gasteiger partial charge in [-0.25, -0.2) is 23.7 Å². The number of aromatic nitrogens is 4. The molecule has 8 N–H and O–H groups in total. The third-order valence-corrected chi connectivity index (χ3v) is 9.14. The number of phosphoric acid groups is 3. The summed E-state index contributed by atoms with van der Waals surface area (Å²) in [5.41, 5.74) is -0.675. The Bertz CT molecular complexity index is 1460. The fourth-order valence-corrected chi connectivity index (χ4v) is 6.92. The van der Waals surface area contributed by atoms with Crippen LogP contribution in [0.2, 0.25) is 0 Å². The Labute approximate surface area is 216 Å². The molecule has 0 aromatic carbocycles. The third kappa shape index (κ3) is 5.68. The molecule has 0 saturated carbocycles. The third-order valence-electron chi connectivity index (χ3n) is 6.02. The first-order valence-electron chi connectivity index (χ1n) is 10.8. The number of nitrogens with one attached hydrogen (secondary N) is 1. The van der Waals surface area contributed by atoms with E-state index in [1.807, 2.05) is 0 Å². The summed E-state index contributed by atoms with van der Waals surface area (Å²) in [6.45, 7) is -1.94. The molecule has 4 aliphatic heterocycles. The number of hydrogen-bond donors (Lipinski definition) is 8. The van der Waals surface area contributed by atoms with Crippen molar-refractivity contribution in [1.82, 2.24) is 19.1 Å². The van der Waals surface area contributed by atoms with Crippen molar-refractivity contribution < 1.29 is 75.9 Å². The van der Waals surface area contributed by atoms with E-state index in [2.05, 4.69) is 27.8 Å². The lowest BCUT2D eigenvalue weighted by Gasteiger charge is -2.22. The minimum atomic E-state index is -5.40. The maximum Gasteiger partial charge on any atom is 0.481 e. The molecular formula is C15H22N5O16P3. The molecule has 0 spiro atoms. The molecule has 2 unspecified atom stereocenters. The van der Waals surface area contributed by atoms with Gasteiger partial charge in [0.1, 0.15) is 43.0 Å². The van der Waals surface area contributed by atoms with Gasteiger partial charge in [0.15, 0.2) is 29.1 Å². The minimum Gasteiger partial charge on any atom is -0.387 e. The lowest BCUT2D eigenvalue weighted by atomic mass is 10.1. The highest BCUT2D eigenvalue weighted by atomic mass is 31.3. The van der Waals surface area contributed by atoms with Crippen LogP contribution in [0.4, 0.5) is 0 Å². The van der Waals surface area contributed by atoms with Gasteiger partial charge in [-0.05, 0) is 0 Å². The fraction of sp³-hybridized carbons (Fsp3) is 0.667. The summed E-state index contributed by atoms with van der Waals surface area (Å²) in [5.74, 6) is 0. The van der Waals surface area contributed by atoms with Crippen molar-refractivity contribution in [2.24, 2.45) is 0 Å². The molecule has 10 atom stereocenters. The van der Waals surface area contributed by atoms with Crippen LogP contribution in [0.3, 0.4) is 0 Å². The van der Waals surface area contributed by atoms with Crippen molar-refractivity contribution in [2.75, 3.05) is 13.2 Å². The predicted octanol–water partition coefficient (Wildman–Crippen LogP) is -2.67. The average molecular weight is 621 g/mol. The zero-order valence-electron chi connectivity index (χ0n) is 19.1. The smallest absolute Gasteiger partial charge is 0.387 e. The number of fused-ring (bicyclic) bond motifs is 7. The van der Waals surface area contributed by atoms with Crippen LogP contribution < -0.4 is 5.49 Å². The number of ether oxygens (including phenoxy) is 2. The highest BCUT2D eigenvalue weighted by Crippen LogP contribution is 2.61. The van der Waals surface area contributed by atoms with E-state index in [9.17, 15) is 48.6 Å². The van der Waals surface area contributed by atoms with Gasteiger partial charge in [0.25, 0.3) is 0 Å². The molecule has 2 aromatic heterocycles. The number of phosphoric ester groups is 3. The lowest BCUT2D eigenvalue weighted by molar-refractivity contribution is -0.0563. The van der Waals surface area contributed by atoms with Crippen LogP contribution in [0.1, 0.15) is 12.5 Å². The molecule has 6 heterocycles. The predicted molar refractivity (Wildman–Crippen MR) is 117 cm³/mol. The summed E-state index contributed by atoms with van der Waals surface area (Å²) >= 11 is 0. The van der Waals surface area contributed by atoms with E-state index in [4.69, 9.17) is 14.9 Å². The Kier molecular flexibility index (Phi) is 7.52. The van der Waals surface area contributed by atoms with Crippen molar-refractivity contribution in [2.45, 2.75) is 49.1 Å². The summed E-state index contributed by atoms with van der Waals surface area (Å²) in [4.78, 5) is 46.7.